The fourth-order valence-corrected chi connectivity index (χ4v) is 3.31. The summed E-state index contributed by atoms with van der Waals surface area (Å²) >= 11 is 0. The SMILES string of the molecule is CCOc1ccccc1NC(=O)O[C@@H]1CCCCC[C@@H]1CN(C)C.Cl. The zero-order chi connectivity index (χ0) is 17.4. The molecule has 0 bridgehead atoms. The van der Waals surface area contributed by atoms with E-state index >= 15 is 0 Å². The van der Waals surface area contributed by atoms with E-state index in [0.29, 0.717) is 24.0 Å². The van der Waals surface area contributed by atoms with Crippen molar-refractivity contribution in [3.05, 3.63) is 24.3 Å². The van der Waals surface area contributed by atoms with Crippen molar-refractivity contribution in [1.29, 1.82) is 0 Å². The molecule has 0 radical (unpaired) electrons. The van der Waals surface area contributed by atoms with E-state index in [-0.39, 0.29) is 18.5 Å². The summed E-state index contributed by atoms with van der Waals surface area (Å²) < 4.78 is 11.3. The molecule has 0 saturated heterocycles. The Labute approximate surface area is 157 Å². The molecule has 1 fully saturated rings. The van der Waals surface area contributed by atoms with Crippen molar-refractivity contribution in [2.45, 2.75) is 45.1 Å². The molecule has 0 spiro atoms. The molecule has 5 nitrogen and oxygen atoms in total. The molecule has 25 heavy (non-hydrogen) atoms. The Hall–Kier alpha value is -1.46. The number of amides is 1. The summed E-state index contributed by atoms with van der Waals surface area (Å²) in [5.41, 5.74) is 0.655. The van der Waals surface area contributed by atoms with Gasteiger partial charge in [0.1, 0.15) is 11.9 Å². The number of nitrogens with one attached hydrogen (secondary N) is 1. The minimum absolute atomic E-state index is 0. The molecule has 6 heteroatoms. The first-order valence-corrected chi connectivity index (χ1v) is 8.94. The van der Waals surface area contributed by atoms with E-state index in [9.17, 15) is 4.79 Å². The lowest BCUT2D eigenvalue weighted by Gasteiger charge is -2.27. The van der Waals surface area contributed by atoms with E-state index in [1.807, 2.05) is 31.2 Å². The number of anilines is 1. The number of para-hydroxylation sites is 2. The molecule has 0 unspecified atom stereocenters. The predicted octanol–water partition coefficient (Wildman–Crippen LogP) is 4.57. The second kappa shape index (κ2) is 11.2. The molecular weight excluding hydrogens is 340 g/mol. The summed E-state index contributed by atoms with van der Waals surface area (Å²) in [4.78, 5) is 14.6. The normalized spacial score (nSPS) is 20.3. The van der Waals surface area contributed by atoms with Crippen LogP contribution < -0.4 is 10.1 Å². The maximum atomic E-state index is 12.4. The zero-order valence-electron chi connectivity index (χ0n) is 15.5. The highest BCUT2D eigenvalue weighted by Crippen LogP contribution is 2.28. The third kappa shape index (κ3) is 7.12. The molecule has 0 heterocycles. The molecule has 2 atom stereocenters. The smallest absolute Gasteiger partial charge is 0.412 e. The average Bonchev–Trinajstić information content (AvgIpc) is 2.74. The maximum Gasteiger partial charge on any atom is 0.412 e. The largest absolute Gasteiger partial charge is 0.492 e. The molecule has 2 rings (SSSR count). The van der Waals surface area contributed by atoms with Crippen molar-refractivity contribution >= 4 is 24.2 Å². The highest BCUT2D eigenvalue weighted by molar-refractivity contribution is 5.86. The Morgan fingerprint density at radius 1 is 1.20 bits per heavy atom. The van der Waals surface area contributed by atoms with Gasteiger partial charge in [-0.25, -0.2) is 4.79 Å². The number of rotatable bonds is 6. The van der Waals surface area contributed by atoms with Gasteiger partial charge in [-0.1, -0.05) is 25.0 Å². The van der Waals surface area contributed by atoms with Gasteiger partial charge in [-0.15, -0.1) is 12.4 Å². The lowest BCUT2D eigenvalue weighted by atomic mass is 9.97. The zero-order valence-corrected chi connectivity index (χ0v) is 16.3. The monoisotopic (exact) mass is 370 g/mol. The Balaban J connectivity index is 0.00000312. The first-order valence-electron chi connectivity index (χ1n) is 8.94. The van der Waals surface area contributed by atoms with Gasteiger partial charge in [0.25, 0.3) is 0 Å². The molecule has 0 aromatic heterocycles. The van der Waals surface area contributed by atoms with E-state index in [1.165, 1.54) is 12.8 Å². The Morgan fingerprint density at radius 3 is 2.64 bits per heavy atom. The van der Waals surface area contributed by atoms with Crippen LogP contribution in [-0.4, -0.2) is 44.3 Å². The van der Waals surface area contributed by atoms with Crippen molar-refractivity contribution < 1.29 is 14.3 Å². The molecule has 142 valence electrons. The lowest BCUT2D eigenvalue weighted by Crippen LogP contribution is -2.34. The maximum absolute atomic E-state index is 12.4. The molecule has 1 aromatic rings. The highest BCUT2D eigenvalue weighted by Gasteiger charge is 2.27. The lowest BCUT2D eigenvalue weighted by molar-refractivity contribution is 0.0569. The van der Waals surface area contributed by atoms with E-state index in [1.54, 1.807) is 0 Å². The van der Waals surface area contributed by atoms with Crippen LogP contribution in [0.25, 0.3) is 0 Å². The number of carbonyl (C=O) groups is 1. The number of benzene rings is 1. The third-order valence-corrected chi connectivity index (χ3v) is 4.37. The van der Waals surface area contributed by atoms with Crippen LogP contribution in [-0.2, 0) is 4.74 Å². The number of hydrogen-bond acceptors (Lipinski definition) is 4. The van der Waals surface area contributed by atoms with Gasteiger partial charge in [0.05, 0.1) is 12.3 Å². The third-order valence-electron chi connectivity index (χ3n) is 4.37. The molecule has 0 aliphatic heterocycles. The number of carbonyl (C=O) groups excluding carboxylic acids is 1. The summed E-state index contributed by atoms with van der Waals surface area (Å²) in [5, 5.41) is 2.84. The summed E-state index contributed by atoms with van der Waals surface area (Å²) in [5.74, 6) is 1.07. The van der Waals surface area contributed by atoms with Crippen LogP contribution >= 0.6 is 12.4 Å². The molecular formula is C19H31ClN2O3. The van der Waals surface area contributed by atoms with Gasteiger partial charge in [-0.2, -0.15) is 0 Å². The number of halogens is 1. The van der Waals surface area contributed by atoms with Gasteiger partial charge in [0, 0.05) is 12.5 Å². The molecule has 1 amide bonds. The minimum atomic E-state index is -0.391. The standard InChI is InChI=1S/C19H30N2O3.ClH/c1-4-23-18-13-9-8-11-16(18)20-19(22)24-17-12-7-5-6-10-15(17)14-21(2)3;/h8-9,11,13,15,17H,4-7,10,12,14H2,1-3H3,(H,20,22);1H/t15-,17-;/m1./s1. The average molecular weight is 371 g/mol. The van der Waals surface area contributed by atoms with Crippen molar-refractivity contribution in [3.63, 3.8) is 0 Å². The highest BCUT2D eigenvalue weighted by atomic mass is 35.5. The fourth-order valence-electron chi connectivity index (χ4n) is 3.31. The predicted molar refractivity (Wildman–Crippen MR) is 104 cm³/mol. The molecule has 1 aliphatic carbocycles. The van der Waals surface area contributed by atoms with E-state index < -0.39 is 6.09 Å². The number of ether oxygens (including phenoxy) is 2. The van der Waals surface area contributed by atoms with Gasteiger partial charge in [0.2, 0.25) is 0 Å². The molecule has 1 saturated carbocycles. The van der Waals surface area contributed by atoms with Gasteiger partial charge in [0.15, 0.2) is 0 Å². The number of nitrogens with zero attached hydrogens (tertiary/aromatic N) is 1. The summed E-state index contributed by atoms with van der Waals surface area (Å²) in [6, 6.07) is 7.44. The van der Waals surface area contributed by atoms with Gasteiger partial charge < -0.3 is 14.4 Å². The fraction of sp³-hybridized carbons (Fsp3) is 0.632. The Morgan fingerprint density at radius 2 is 1.92 bits per heavy atom. The first kappa shape index (κ1) is 21.6. The number of hydrogen-bond donors (Lipinski definition) is 1. The topological polar surface area (TPSA) is 50.8 Å². The van der Waals surface area contributed by atoms with Crippen LogP contribution in [0.5, 0.6) is 5.75 Å². The first-order chi connectivity index (χ1) is 11.6. The Kier molecular flexibility index (Phi) is 9.68. The van der Waals surface area contributed by atoms with Crippen molar-refractivity contribution in [2.24, 2.45) is 5.92 Å². The quantitative estimate of drug-likeness (QED) is 0.745. The van der Waals surface area contributed by atoms with Crippen LogP contribution in [0.2, 0.25) is 0 Å². The minimum Gasteiger partial charge on any atom is -0.492 e. The van der Waals surface area contributed by atoms with E-state index in [4.69, 9.17) is 9.47 Å². The molecule has 1 N–H and O–H groups in total. The van der Waals surface area contributed by atoms with Crippen LogP contribution in [0.3, 0.4) is 0 Å². The van der Waals surface area contributed by atoms with Crippen molar-refractivity contribution in [2.75, 3.05) is 32.6 Å². The summed E-state index contributed by atoms with van der Waals surface area (Å²) in [6.45, 7) is 3.43. The van der Waals surface area contributed by atoms with Crippen molar-refractivity contribution in [1.82, 2.24) is 4.90 Å². The van der Waals surface area contributed by atoms with E-state index in [2.05, 4.69) is 24.3 Å². The van der Waals surface area contributed by atoms with E-state index in [0.717, 1.165) is 25.8 Å². The van der Waals surface area contributed by atoms with Crippen LogP contribution in [0.15, 0.2) is 24.3 Å². The summed E-state index contributed by atoms with van der Waals surface area (Å²) in [6.07, 6.45) is 5.21. The van der Waals surface area contributed by atoms with Crippen LogP contribution in [0.1, 0.15) is 39.0 Å². The van der Waals surface area contributed by atoms with Gasteiger partial charge >= 0.3 is 6.09 Å². The molecule has 1 aromatic carbocycles. The summed E-state index contributed by atoms with van der Waals surface area (Å²) in [7, 11) is 4.14. The van der Waals surface area contributed by atoms with Gasteiger partial charge in [-0.3, -0.25) is 5.32 Å². The van der Waals surface area contributed by atoms with Crippen molar-refractivity contribution in [3.8, 4) is 5.75 Å². The Bertz CT molecular complexity index is 525. The second-order valence-electron chi connectivity index (χ2n) is 6.66. The van der Waals surface area contributed by atoms with Crippen LogP contribution in [0, 0.1) is 5.92 Å². The second-order valence-corrected chi connectivity index (χ2v) is 6.66. The van der Waals surface area contributed by atoms with Gasteiger partial charge in [-0.05, 0) is 52.4 Å². The van der Waals surface area contributed by atoms with Crippen LogP contribution in [0.4, 0.5) is 10.5 Å². The molecule has 1 aliphatic rings.